The molecule has 1 N–H and O–H groups in total. The first-order valence-electron chi connectivity index (χ1n) is 5.91. The summed E-state index contributed by atoms with van der Waals surface area (Å²) in [5, 5.41) is 3.58. The lowest BCUT2D eigenvalue weighted by Crippen LogP contribution is -2.24. The fraction of sp³-hybridized carbons (Fsp3) is 0.143. The number of nitrogens with one attached hydrogen (secondary N) is 1. The quantitative estimate of drug-likeness (QED) is 0.873. The Morgan fingerprint density at radius 2 is 2.10 bits per heavy atom. The molecular weight excluding hydrogens is 299 g/mol. The molecule has 1 aromatic heterocycles. The summed E-state index contributed by atoms with van der Waals surface area (Å²) in [6, 6.07) is 7.63. The van der Waals surface area contributed by atoms with Crippen molar-refractivity contribution in [3.8, 4) is 0 Å². The predicted octanol–water partition coefficient (Wildman–Crippen LogP) is 3.81. The fourth-order valence-corrected chi connectivity index (χ4v) is 2.15. The van der Waals surface area contributed by atoms with Crippen LogP contribution < -0.4 is 5.32 Å². The molecule has 0 aliphatic carbocycles. The van der Waals surface area contributed by atoms with Crippen LogP contribution in [0.1, 0.15) is 23.5 Å². The number of rotatable bonds is 4. The van der Waals surface area contributed by atoms with Crippen molar-refractivity contribution in [1.29, 1.82) is 0 Å². The van der Waals surface area contributed by atoms with Crippen LogP contribution in [0.3, 0.4) is 0 Å². The van der Waals surface area contributed by atoms with Gasteiger partial charge in [0.2, 0.25) is 5.91 Å². The lowest BCUT2D eigenvalue weighted by molar-refractivity contribution is -0.118. The van der Waals surface area contributed by atoms with E-state index in [4.69, 9.17) is 23.2 Å². The average Bonchev–Trinajstić information content (AvgIpc) is 2.90. The third-order valence-corrected chi connectivity index (χ3v) is 3.48. The molecule has 2 aromatic rings. The summed E-state index contributed by atoms with van der Waals surface area (Å²) < 4.78 is 1.58. The molecule has 1 unspecified atom stereocenters. The Balaban J connectivity index is 2.20. The monoisotopic (exact) mass is 310 g/mol. The molecule has 0 saturated heterocycles. The molecule has 0 spiro atoms. The average molecular weight is 311 g/mol. The summed E-state index contributed by atoms with van der Waals surface area (Å²) in [5.74, 6) is -0.284. The zero-order chi connectivity index (χ0) is 14.7. The van der Waals surface area contributed by atoms with Crippen molar-refractivity contribution in [2.75, 3.05) is 5.32 Å². The maximum absolute atomic E-state index is 12.2. The van der Waals surface area contributed by atoms with E-state index < -0.39 is 6.04 Å². The van der Waals surface area contributed by atoms with Crippen molar-refractivity contribution in [3.63, 3.8) is 0 Å². The predicted molar refractivity (Wildman–Crippen MR) is 79.6 cm³/mol. The summed E-state index contributed by atoms with van der Waals surface area (Å²) in [6.07, 6.45) is 2.38. The number of halogens is 2. The Kier molecular flexibility index (Phi) is 4.47. The standard InChI is InChI=1S/C14H12Cl2N2O2/c1-9(18-6-2-3-11(18)8-19)14(20)17-13-7-10(15)4-5-12(13)16/h2-9H,1H3,(H,17,20). The number of anilines is 1. The second kappa shape index (κ2) is 6.11. The zero-order valence-electron chi connectivity index (χ0n) is 10.6. The summed E-state index contributed by atoms with van der Waals surface area (Å²) in [7, 11) is 0. The Hall–Kier alpha value is -1.78. The van der Waals surface area contributed by atoms with E-state index in [0.29, 0.717) is 27.7 Å². The second-order valence-electron chi connectivity index (χ2n) is 4.25. The topological polar surface area (TPSA) is 51.1 Å². The molecular formula is C14H12Cl2N2O2. The van der Waals surface area contributed by atoms with Crippen molar-refractivity contribution in [1.82, 2.24) is 4.57 Å². The molecule has 0 aliphatic heterocycles. The van der Waals surface area contributed by atoms with Gasteiger partial charge in [-0.15, -0.1) is 0 Å². The first kappa shape index (κ1) is 14.6. The van der Waals surface area contributed by atoms with Gasteiger partial charge in [0.25, 0.3) is 0 Å². The minimum absolute atomic E-state index is 0.284. The second-order valence-corrected chi connectivity index (χ2v) is 5.09. The Morgan fingerprint density at radius 3 is 2.80 bits per heavy atom. The summed E-state index contributed by atoms with van der Waals surface area (Å²) in [4.78, 5) is 23.1. The first-order valence-corrected chi connectivity index (χ1v) is 6.66. The van der Waals surface area contributed by atoms with E-state index in [1.165, 1.54) is 0 Å². The molecule has 1 heterocycles. The van der Waals surface area contributed by atoms with Gasteiger partial charge in [0.1, 0.15) is 6.04 Å². The van der Waals surface area contributed by atoms with Crippen LogP contribution in [-0.2, 0) is 4.79 Å². The van der Waals surface area contributed by atoms with Gasteiger partial charge in [-0.3, -0.25) is 9.59 Å². The number of nitrogens with zero attached hydrogens (tertiary/aromatic N) is 1. The first-order chi connectivity index (χ1) is 9.52. The molecule has 104 valence electrons. The van der Waals surface area contributed by atoms with Gasteiger partial charge >= 0.3 is 0 Å². The van der Waals surface area contributed by atoms with Crippen LogP contribution in [0.2, 0.25) is 10.0 Å². The molecule has 0 radical (unpaired) electrons. The zero-order valence-corrected chi connectivity index (χ0v) is 12.2. The number of carbonyl (C=O) groups excluding carboxylic acids is 2. The molecule has 1 amide bonds. The lowest BCUT2D eigenvalue weighted by atomic mass is 10.2. The van der Waals surface area contributed by atoms with Crippen LogP contribution in [0.5, 0.6) is 0 Å². The number of aldehydes is 1. The van der Waals surface area contributed by atoms with Gasteiger partial charge < -0.3 is 9.88 Å². The molecule has 4 nitrogen and oxygen atoms in total. The summed E-state index contributed by atoms with van der Waals surface area (Å²) in [5.41, 5.74) is 0.876. The van der Waals surface area contributed by atoms with Gasteiger partial charge in [0.15, 0.2) is 6.29 Å². The Morgan fingerprint density at radius 1 is 1.35 bits per heavy atom. The highest BCUT2D eigenvalue weighted by Gasteiger charge is 2.17. The maximum atomic E-state index is 12.2. The molecule has 6 heteroatoms. The van der Waals surface area contributed by atoms with E-state index in [2.05, 4.69) is 5.32 Å². The molecule has 0 fully saturated rings. The minimum Gasteiger partial charge on any atom is -0.333 e. The number of amides is 1. The lowest BCUT2D eigenvalue weighted by Gasteiger charge is -2.16. The molecule has 0 bridgehead atoms. The van der Waals surface area contributed by atoms with E-state index >= 15 is 0 Å². The number of hydrogen-bond acceptors (Lipinski definition) is 2. The highest BCUT2D eigenvalue weighted by atomic mass is 35.5. The van der Waals surface area contributed by atoms with Gasteiger partial charge in [-0.2, -0.15) is 0 Å². The highest BCUT2D eigenvalue weighted by molar-refractivity contribution is 6.35. The SMILES string of the molecule is CC(C(=O)Nc1cc(Cl)ccc1Cl)n1cccc1C=O. The van der Waals surface area contributed by atoms with Crippen molar-refractivity contribution in [2.24, 2.45) is 0 Å². The molecule has 1 atom stereocenters. The smallest absolute Gasteiger partial charge is 0.247 e. The number of carbonyl (C=O) groups is 2. The van der Waals surface area contributed by atoms with Gasteiger partial charge in [-0.1, -0.05) is 23.2 Å². The van der Waals surface area contributed by atoms with Gasteiger partial charge in [0.05, 0.1) is 16.4 Å². The van der Waals surface area contributed by atoms with Crippen LogP contribution in [0.4, 0.5) is 5.69 Å². The Bertz CT molecular complexity index is 652. The molecule has 2 rings (SSSR count). The van der Waals surface area contributed by atoms with Crippen LogP contribution in [0.15, 0.2) is 36.5 Å². The minimum atomic E-state index is -0.541. The van der Waals surface area contributed by atoms with Crippen molar-refractivity contribution < 1.29 is 9.59 Å². The highest BCUT2D eigenvalue weighted by Crippen LogP contribution is 2.26. The molecule has 0 aliphatic rings. The number of hydrogen-bond donors (Lipinski definition) is 1. The van der Waals surface area contributed by atoms with E-state index in [9.17, 15) is 9.59 Å². The third-order valence-electron chi connectivity index (χ3n) is 2.92. The van der Waals surface area contributed by atoms with Gasteiger partial charge in [-0.05, 0) is 37.3 Å². The third kappa shape index (κ3) is 3.03. The van der Waals surface area contributed by atoms with E-state index in [-0.39, 0.29) is 5.91 Å². The fourth-order valence-electron chi connectivity index (χ4n) is 1.82. The maximum Gasteiger partial charge on any atom is 0.247 e. The van der Waals surface area contributed by atoms with Crippen LogP contribution in [0.25, 0.3) is 0 Å². The van der Waals surface area contributed by atoms with Gasteiger partial charge in [0, 0.05) is 11.2 Å². The van der Waals surface area contributed by atoms with Gasteiger partial charge in [-0.25, -0.2) is 0 Å². The van der Waals surface area contributed by atoms with Crippen LogP contribution in [-0.4, -0.2) is 16.8 Å². The largest absolute Gasteiger partial charge is 0.333 e. The van der Waals surface area contributed by atoms with Crippen molar-refractivity contribution in [3.05, 3.63) is 52.3 Å². The summed E-state index contributed by atoms with van der Waals surface area (Å²) in [6.45, 7) is 1.70. The van der Waals surface area contributed by atoms with E-state index in [1.54, 1.807) is 48.0 Å². The van der Waals surface area contributed by atoms with Crippen LogP contribution in [0, 0.1) is 0 Å². The Labute approximate surface area is 126 Å². The normalized spacial score (nSPS) is 11.9. The van der Waals surface area contributed by atoms with Crippen molar-refractivity contribution >= 4 is 41.1 Å². The van der Waals surface area contributed by atoms with Crippen LogP contribution >= 0.6 is 23.2 Å². The molecule has 20 heavy (non-hydrogen) atoms. The number of aromatic nitrogens is 1. The molecule has 0 saturated carbocycles. The number of benzene rings is 1. The van der Waals surface area contributed by atoms with E-state index in [0.717, 1.165) is 0 Å². The van der Waals surface area contributed by atoms with E-state index in [1.807, 2.05) is 0 Å². The summed E-state index contributed by atoms with van der Waals surface area (Å²) >= 11 is 11.9. The van der Waals surface area contributed by atoms with Crippen molar-refractivity contribution in [2.45, 2.75) is 13.0 Å². The molecule has 1 aromatic carbocycles.